The molecule has 1 aromatic rings. The molecule has 2 N–H and O–H groups in total. The molecule has 0 fully saturated rings. The Morgan fingerprint density at radius 1 is 1.80 bits per heavy atom. The maximum Gasteiger partial charge on any atom is 0.0985 e. The molecule has 10 heavy (non-hydrogen) atoms. The molecule has 1 atom stereocenters. The van der Waals surface area contributed by atoms with Crippen LogP contribution >= 0.6 is 0 Å². The molecule has 0 saturated carbocycles. The van der Waals surface area contributed by atoms with Gasteiger partial charge in [0.15, 0.2) is 0 Å². The van der Waals surface area contributed by atoms with Crippen LogP contribution in [0.3, 0.4) is 0 Å². The van der Waals surface area contributed by atoms with Crippen LogP contribution in [0, 0.1) is 6.92 Å². The topological polar surface area (TPSA) is 43.8 Å². The third kappa shape index (κ3) is 1.36. The third-order valence-electron chi connectivity index (χ3n) is 1.49. The molecule has 3 nitrogen and oxygen atoms in total. The van der Waals surface area contributed by atoms with Gasteiger partial charge >= 0.3 is 0 Å². The summed E-state index contributed by atoms with van der Waals surface area (Å²) in [5.41, 5.74) is 6.86. The molecule has 0 aromatic carbocycles. The molecule has 0 saturated heterocycles. The second-order valence-corrected chi connectivity index (χ2v) is 2.47. The summed E-state index contributed by atoms with van der Waals surface area (Å²) in [6.07, 6.45) is 4.72. The van der Waals surface area contributed by atoms with E-state index in [0.29, 0.717) is 0 Å². The Morgan fingerprint density at radius 3 is 2.90 bits per heavy atom. The van der Waals surface area contributed by atoms with Crippen LogP contribution in [0.4, 0.5) is 0 Å². The average molecular weight is 139 g/mol. The van der Waals surface area contributed by atoms with Crippen molar-refractivity contribution in [2.24, 2.45) is 5.73 Å². The van der Waals surface area contributed by atoms with E-state index in [-0.39, 0.29) is 6.17 Å². The number of hydrogen-bond donors (Lipinski definition) is 1. The highest BCUT2D eigenvalue weighted by Crippen LogP contribution is 2.02. The first-order chi connectivity index (χ1) is 4.74. The lowest BCUT2D eigenvalue weighted by molar-refractivity contribution is 0.456. The van der Waals surface area contributed by atoms with Crippen LogP contribution in [0.25, 0.3) is 0 Å². The standard InChI is InChI=1S/C7H13N3/c1-3-7(8)10-5-6(2)4-9-10/h4-5,7H,3,8H2,1-2H3. The summed E-state index contributed by atoms with van der Waals surface area (Å²) in [5.74, 6) is 0. The monoisotopic (exact) mass is 139 g/mol. The molecule has 0 radical (unpaired) electrons. The highest BCUT2D eigenvalue weighted by atomic mass is 15.3. The minimum atomic E-state index is 0.0358. The Morgan fingerprint density at radius 2 is 2.50 bits per heavy atom. The fraction of sp³-hybridized carbons (Fsp3) is 0.571. The van der Waals surface area contributed by atoms with Crippen LogP contribution < -0.4 is 5.73 Å². The Bertz CT molecular complexity index is 204. The number of aryl methyl sites for hydroxylation is 1. The van der Waals surface area contributed by atoms with E-state index in [0.717, 1.165) is 12.0 Å². The van der Waals surface area contributed by atoms with Crippen molar-refractivity contribution in [1.29, 1.82) is 0 Å². The Hall–Kier alpha value is -0.830. The van der Waals surface area contributed by atoms with E-state index in [2.05, 4.69) is 5.10 Å². The Labute approximate surface area is 60.8 Å². The van der Waals surface area contributed by atoms with Gasteiger partial charge in [-0.1, -0.05) is 6.92 Å². The quantitative estimate of drug-likeness (QED) is 0.665. The van der Waals surface area contributed by atoms with Gasteiger partial charge in [0, 0.05) is 6.20 Å². The van der Waals surface area contributed by atoms with E-state index < -0.39 is 0 Å². The van der Waals surface area contributed by atoms with Crippen molar-refractivity contribution in [3.8, 4) is 0 Å². The van der Waals surface area contributed by atoms with Gasteiger partial charge in [-0.3, -0.25) is 4.68 Å². The molecule has 1 rings (SSSR count). The maximum atomic E-state index is 5.71. The molecule has 0 aliphatic rings. The van der Waals surface area contributed by atoms with Gasteiger partial charge in [0.05, 0.1) is 12.4 Å². The highest BCUT2D eigenvalue weighted by Gasteiger charge is 2.00. The van der Waals surface area contributed by atoms with Crippen LogP contribution in [0.2, 0.25) is 0 Å². The lowest BCUT2D eigenvalue weighted by Gasteiger charge is -2.07. The van der Waals surface area contributed by atoms with Gasteiger partial charge in [-0.25, -0.2) is 0 Å². The molecule has 0 amide bonds. The first kappa shape index (κ1) is 7.28. The summed E-state index contributed by atoms with van der Waals surface area (Å²) in [6, 6.07) is 0. The molecule has 1 unspecified atom stereocenters. The molecule has 56 valence electrons. The number of hydrogen-bond acceptors (Lipinski definition) is 2. The predicted octanol–water partition coefficient (Wildman–Crippen LogP) is 1.06. The molecule has 1 aromatic heterocycles. The van der Waals surface area contributed by atoms with Gasteiger partial charge in [0.25, 0.3) is 0 Å². The minimum absolute atomic E-state index is 0.0358. The minimum Gasteiger partial charge on any atom is -0.310 e. The number of rotatable bonds is 2. The van der Waals surface area contributed by atoms with Gasteiger partial charge in [-0.05, 0) is 18.9 Å². The molecule has 0 bridgehead atoms. The first-order valence-electron chi connectivity index (χ1n) is 3.50. The first-order valence-corrected chi connectivity index (χ1v) is 3.50. The molecule has 1 heterocycles. The summed E-state index contributed by atoms with van der Waals surface area (Å²) in [4.78, 5) is 0. The van der Waals surface area contributed by atoms with Crippen molar-refractivity contribution in [2.75, 3.05) is 0 Å². The van der Waals surface area contributed by atoms with Crippen LogP contribution in [0.5, 0.6) is 0 Å². The van der Waals surface area contributed by atoms with E-state index in [9.17, 15) is 0 Å². The predicted molar refractivity (Wildman–Crippen MR) is 40.5 cm³/mol. The normalized spacial score (nSPS) is 13.5. The van der Waals surface area contributed by atoms with Crippen molar-refractivity contribution < 1.29 is 0 Å². The molecule has 0 spiro atoms. The van der Waals surface area contributed by atoms with Gasteiger partial charge < -0.3 is 5.73 Å². The summed E-state index contributed by atoms with van der Waals surface area (Å²) in [5, 5.41) is 4.08. The fourth-order valence-corrected chi connectivity index (χ4v) is 0.801. The number of nitrogens with zero attached hydrogens (tertiary/aromatic N) is 2. The van der Waals surface area contributed by atoms with Crippen molar-refractivity contribution in [1.82, 2.24) is 9.78 Å². The number of nitrogens with two attached hydrogens (primary N) is 1. The van der Waals surface area contributed by atoms with E-state index in [1.165, 1.54) is 0 Å². The third-order valence-corrected chi connectivity index (χ3v) is 1.49. The zero-order chi connectivity index (χ0) is 7.56. The molecular weight excluding hydrogens is 126 g/mol. The van der Waals surface area contributed by atoms with E-state index >= 15 is 0 Å². The van der Waals surface area contributed by atoms with Crippen molar-refractivity contribution in [3.05, 3.63) is 18.0 Å². The second-order valence-electron chi connectivity index (χ2n) is 2.47. The smallest absolute Gasteiger partial charge is 0.0985 e. The lowest BCUT2D eigenvalue weighted by Crippen LogP contribution is -2.17. The van der Waals surface area contributed by atoms with Crippen LogP contribution in [0.15, 0.2) is 12.4 Å². The Kier molecular flexibility index (Phi) is 2.06. The van der Waals surface area contributed by atoms with Crippen LogP contribution in [0.1, 0.15) is 25.1 Å². The van der Waals surface area contributed by atoms with Crippen molar-refractivity contribution >= 4 is 0 Å². The van der Waals surface area contributed by atoms with Crippen molar-refractivity contribution in [3.63, 3.8) is 0 Å². The van der Waals surface area contributed by atoms with Crippen LogP contribution in [-0.4, -0.2) is 9.78 Å². The molecule has 3 heteroatoms. The van der Waals surface area contributed by atoms with Crippen molar-refractivity contribution in [2.45, 2.75) is 26.4 Å². The van der Waals surface area contributed by atoms with Gasteiger partial charge in [-0.2, -0.15) is 5.10 Å². The molecular formula is C7H13N3. The maximum absolute atomic E-state index is 5.71. The fourth-order valence-electron chi connectivity index (χ4n) is 0.801. The second kappa shape index (κ2) is 2.84. The Balaban J connectivity index is 2.74. The highest BCUT2D eigenvalue weighted by molar-refractivity contribution is 4.99. The SMILES string of the molecule is CCC(N)n1cc(C)cn1. The summed E-state index contributed by atoms with van der Waals surface area (Å²) in [7, 11) is 0. The van der Waals surface area contributed by atoms with E-state index in [4.69, 9.17) is 5.73 Å². The zero-order valence-electron chi connectivity index (χ0n) is 6.41. The van der Waals surface area contributed by atoms with Gasteiger partial charge in [0.1, 0.15) is 0 Å². The number of aromatic nitrogens is 2. The molecule has 0 aliphatic heterocycles. The average Bonchev–Trinajstić information content (AvgIpc) is 2.34. The van der Waals surface area contributed by atoms with Crippen LogP contribution in [-0.2, 0) is 0 Å². The van der Waals surface area contributed by atoms with Gasteiger partial charge in [-0.15, -0.1) is 0 Å². The summed E-state index contributed by atoms with van der Waals surface area (Å²) >= 11 is 0. The van der Waals surface area contributed by atoms with E-state index in [1.54, 1.807) is 4.68 Å². The van der Waals surface area contributed by atoms with Gasteiger partial charge in [0.2, 0.25) is 0 Å². The molecule has 0 aliphatic carbocycles. The summed E-state index contributed by atoms with van der Waals surface area (Å²) in [6.45, 7) is 4.05. The summed E-state index contributed by atoms with van der Waals surface area (Å²) < 4.78 is 1.79. The lowest BCUT2D eigenvalue weighted by atomic mass is 10.4. The largest absolute Gasteiger partial charge is 0.310 e. The van der Waals surface area contributed by atoms with E-state index in [1.807, 2.05) is 26.2 Å². The zero-order valence-corrected chi connectivity index (χ0v) is 6.41.